The van der Waals surface area contributed by atoms with Crippen LogP contribution in [0.3, 0.4) is 0 Å². The first-order chi connectivity index (χ1) is 17.4. The molecule has 4 aromatic rings. The van der Waals surface area contributed by atoms with Crippen LogP contribution < -0.4 is 15.8 Å². The number of anilines is 1. The Morgan fingerprint density at radius 3 is 2.22 bits per heavy atom. The number of amides is 2. The number of ether oxygens (including phenoxy) is 2. The standard InChI is InChI=1S/C27H24N4O5/c1-17(26(33)29-20-12-8-19(9-13-20)25(28)32)36-27(34)23-16-31(21-6-4-3-5-7-21)30-24(23)18-10-14-22(35-2)15-11-18/h3-17H,1-2H3,(H2,28,32)(H,29,33)/t17-/m0/s1. The Morgan fingerprint density at radius 1 is 0.944 bits per heavy atom. The summed E-state index contributed by atoms with van der Waals surface area (Å²) in [4.78, 5) is 37.0. The van der Waals surface area contributed by atoms with Crippen molar-refractivity contribution < 1.29 is 23.9 Å². The zero-order valence-corrected chi connectivity index (χ0v) is 19.7. The molecule has 0 saturated heterocycles. The van der Waals surface area contributed by atoms with Gasteiger partial charge in [-0.1, -0.05) is 18.2 Å². The van der Waals surface area contributed by atoms with Gasteiger partial charge in [-0.25, -0.2) is 9.48 Å². The highest BCUT2D eigenvalue weighted by atomic mass is 16.5. The average molecular weight is 485 g/mol. The van der Waals surface area contributed by atoms with Gasteiger partial charge in [-0.3, -0.25) is 9.59 Å². The summed E-state index contributed by atoms with van der Waals surface area (Å²) in [6.07, 6.45) is 0.474. The van der Waals surface area contributed by atoms with E-state index in [-0.39, 0.29) is 5.56 Å². The van der Waals surface area contributed by atoms with Crippen LogP contribution in [0.2, 0.25) is 0 Å². The summed E-state index contributed by atoms with van der Waals surface area (Å²) >= 11 is 0. The van der Waals surface area contributed by atoms with Crippen molar-refractivity contribution in [2.75, 3.05) is 12.4 Å². The molecule has 0 aliphatic carbocycles. The fourth-order valence-corrected chi connectivity index (χ4v) is 3.44. The molecule has 0 radical (unpaired) electrons. The molecule has 4 rings (SSSR count). The monoisotopic (exact) mass is 484 g/mol. The Balaban J connectivity index is 1.56. The Labute approximate surface area is 207 Å². The SMILES string of the molecule is COc1ccc(-c2nn(-c3ccccc3)cc2C(=O)O[C@@H](C)C(=O)Nc2ccc(C(N)=O)cc2)cc1. The van der Waals surface area contributed by atoms with Crippen molar-refractivity contribution in [3.8, 4) is 22.7 Å². The normalized spacial score (nSPS) is 11.4. The molecule has 0 saturated carbocycles. The van der Waals surface area contributed by atoms with Crippen molar-refractivity contribution in [1.29, 1.82) is 0 Å². The lowest BCUT2D eigenvalue weighted by Crippen LogP contribution is -2.30. The summed E-state index contributed by atoms with van der Waals surface area (Å²) < 4.78 is 12.3. The van der Waals surface area contributed by atoms with E-state index >= 15 is 0 Å². The Hall–Kier alpha value is -4.92. The van der Waals surface area contributed by atoms with Gasteiger partial charge in [-0.15, -0.1) is 0 Å². The van der Waals surface area contributed by atoms with Crippen molar-refractivity contribution in [3.63, 3.8) is 0 Å². The van der Waals surface area contributed by atoms with Crippen molar-refractivity contribution in [2.24, 2.45) is 5.73 Å². The number of carbonyl (C=O) groups is 3. The number of hydrogen-bond donors (Lipinski definition) is 2. The Kier molecular flexibility index (Phi) is 7.10. The highest BCUT2D eigenvalue weighted by molar-refractivity contribution is 6.00. The fraction of sp³-hybridized carbons (Fsp3) is 0.111. The second-order valence-corrected chi connectivity index (χ2v) is 7.88. The maximum absolute atomic E-state index is 13.2. The molecule has 9 nitrogen and oxygen atoms in total. The van der Waals surface area contributed by atoms with Gasteiger partial charge in [0.25, 0.3) is 5.91 Å². The van der Waals surface area contributed by atoms with Crippen LogP contribution in [0.5, 0.6) is 5.75 Å². The van der Waals surface area contributed by atoms with Gasteiger partial charge < -0.3 is 20.5 Å². The number of benzene rings is 3. The van der Waals surface area contributed by atoms with Crippen LogP contribution in [0.4, 0.5) is 5.69 Å². The number of hydrogen-bond acceptors (Lipinski definition) is 6. The van der Waals surface area contributed by atoms with Gasteiger partial charge in [-0.05, 0) is 67.6 Å². The molecule has 0 aliphatic rings. The molecule has 1 heterocycles. The van der Waals surface area contributed by atoms with Gasteiger partial charge in [0.15, 0.2) is 6.10 Å². The largest absolute Gasteiger partial charge is 0.497 e. The van der Waals surface area contributed by atoms with Crippen molar-refractivity contribution in [2.45, 2.75) is 13.0 Å². The average Bonchev–Trinajstić information content (AvgIpc) is 3.35. The van der Waals surface area contributed by atoms with Gasteiger partial charge >= 0.3 is 5.97 Å². The van der Waals surface area contributed by atoms with Crippen LogP contribution in [0.25, 0.3) is 16.9 Å². The number of carbonyl (C=O) groups excluding carboxylic acids is 3. The van der Waals surface area contributed by atoms with E-state index < -0.39 is 23.9 Å². The minimum absolute atomic E-state index is 0.203. The maximum Gasteiger partial charge on any atom is 0.342 e. The van der Waals surface area contributed by atoms with Crippen molar-refractivity contribution in [1.82, 2.24) is 9.78 Å². The van der Waals surface area contributed by atoms with Crippen LogP contribution in [0.1, 0.15) is 27.6 Å². The van der Waals surface area contributed by atoms with E-state index in [1.54, 1.807) is 42.3 Å². The first-order valence-corrected chi connectivity index (χ1v) is 11.1. The lowest BCUT2D eigenvalue weighted by molar-refractivity contribution is -0.123. The summed E-state index contributed by atoms with van der Waals surface area (Å²) in [5, 5.41) is 7.26. The first kappa shape index (κ1) is 24.2. The summed E-state index contributed by atoms with van der Waals surface area (Å²) in [5.41, 5.74) is 8.03. The number of rotatable bonds is 8. The number of esters is 1. The molecule has 182 valence electrons. The molecule has 36 heavy (non-hydrogen) atoms. The molecule has 0 fully saturated rings. The number of para-hydroxylation sites is 1. The second-order valence-electron chi connectivity index (χ2n) is 7.88. The molecule has 9 heteroatoms. The van der Waals surface area contributed by atoms with Gasteiger partial charge in [0.1, 0.15) is 17.0 Å². The second kappa shape index (κ2) is 10.6. The van der Waals surface area contributed by atoms with E-state index in [2.05, 4.69) is 10.4 Å². The van der Waals surface area contributed by atoms with Gasteiger partial charge in [-0.2, -0.15) is 5.10 Å². The number of methoxy groups -OCH3 is 1. The summed E-state index contributed by atoms with van der Waals surface area (Å²) in [6, 6.07) is 22.5. The predicted molar refractivity (Wildman–Crippen MR) is 134 cm³/mol. The van der Waals surface area contributed by atoms with Crippen LogP contribution in [-0.2, 0) is 9.53 Å². The Bertz CT molecular complexity index is 1380. The number of nitrogens with two attached hydrogens (primary N) is 1. The third-order valence-electron chi connectivity index (χ3n) is 5.41. The molecule has 0 bridgehead atoms. The number of nitrogens with one attached hydrogen (secondary N) is 1. The first-order valence-electron chi connectivity index (χ1n) is 11.1. The topological polar surface area (TPSA) is 126 Å². The fourth-order valence-electron chi connectivity index (χ4n) is 3.44. The highest BCUT2D eigenvalue weighted by Crippen LogP contribution is 2.27. The minimum Gasteiger partial charge on any atom is -0.497 e. The quantitative estimate of drug-likeness (QED) is 0.366. The van der Waals surface area contributed by atoms with Crippen LogP contribution in [-0.4, -0.2) is 40.8 Å². The molecule has 1 atom stereocenters. The third kappa shape index (κ3) is 5.41. The molecule has 3 aromatic carbocycles. The molecular weight excluding hydrogens is 460 g/mol. The zero-order valence-electron chi connectivity index (χ0n) is 19.7. The van der Waals surface area contributed by atoms with Crippen LogP contribution >= 0.6 is 0 Å². The van der Waals surface area contributed by atoms with E-state index in [0.717, 1.165) is 5.69 Å². The summed E-state index contributed by atoms with van der Waals surface area (Å²) in [7, 11) is 1.57. The van der Waals surface area contributed by atoms with E-state index in [1.165, 1.54) is 31.2 Å². The molecule has 2 amide bonds. The molecule has 3 N–H and O–H groups in total. The number of aromatic nitrogens is 2. The van der Waals surface area contributed by atoms with E-state index in [0.29, 0.717) is 28.3 Å². The molecule has 0 spiro atoms. The number of primary amides is 1. The van der Waals surface area contributed by atoms with Gasteiger partial charge in [0.2, 0.25) is 5.91 Å². The Morgan fingerprint density at radius 2 is 1.61 bits per heavy atom. The minimum atomic E-state index is -1.10. The highest BCUT2D eigenvalue weighted by Gasteiger charge is 2.24. The van der Waals surface area contributed by atoms with Gasteiger partial charge in [0, 0.05) is 23.0 Å². The van der Waals surface area contributed by atoms with Crippen LogP contribution in [0.15, 0.2) is 85.1 Å². The van der Waals surface area contributed by atoms with Gasteiger partial charge in [0.05, 0.1) is 12.8 Å². The van der Waals surface area contributed by atoms with Crippen molar-refractivity contribution in [3.05, 3.63) is 96.2 Å². The lowest BCUT2D eigenvalue weighted by Gasteiger charge is -2.13. The molecule has 0 aliphatic heterocycles. The summed E-state index contributed by atoms with van der Waals surface area (Å²) in [6.45, 7) is 1.47. The molecule has 0 unspecified atom stereocenters. The van der Waals surface area contributed by atoms with E-state index in [9.17, 15) is 14.4 Å². The maximum atomic E-state index is 13.2. The zero-order chi connectivity index (χ0) is 25.7. The number of nitrogens with zero attached hydrogens (tertiary/aromatic N) is 2. The molecular formula is C27H24N4O5. The third-order valence-corrected chi connectivity index (χ3v) is 5.41. The predicted octanol–water partition coefficient (Wildman–Crippen LogP) is 3.83. The van der Waals surface area contributed by atoms with Crippen molar-refractivity contribution >= 4 is 23.5 Å². The van der Waals surface area contributed by atoms with Crippen LogP contribution in [0, 0.1) is 0 Å². The smallest absolute Gasteiger partial charge is 0.342 e. The van der Waals surface area contributed by atoms with E-state index in [4.69, 9.17) is 15.2 Å². The van der Waals surface area contributed by atoms with E-state index in [1.807, 2.05) is 30.3 Å². The molecule has 1 aromatic heterocycles. The summed E-state index contributed by atoms with van der Waals surface area (Å²) in [5.74, 6) is -1.13. The lowest BCUT2D eigenvalue weighted by atomic mass is 10.1.